The Kier molecular flexibility index (Phi) is 7.91. The van der Waals surface area contributed by atoms with Crippen LogP contribution in [0.2, 0.25) is 0 Å². The van der Waals surface area contributed by atoms with Gasteiger partial charge in [-0.05, 0) is 115 Å². The van der Waals surface area contributed by atoms with Crippen molar-refractivity contribution in [1.29, 1.82) is 0 Å². The minimum absolute atomic E-state index is 0.405. The molecular weight excluding hydrogens is 655 g/mol. The van der Waals surface area contributed by atoms with Gasteiger partial charge in [0.15, 0.2) is 0 Å². The third-order valence-electron chi connectivity index (χ3n) is 12.0. The topological polar surface area (TPSA) is 13.1 Å². The molecule has 0 bridgehead atoms. The smallest absolute Gasteiger partial charge is 0.0548 e. The average molecular weight is 700 g/mol. The third kappa shape index (κ3) is 5.50. The highest BCUT2D eigenvalue weighted by Crippen LogP contribution is 2.44. The molecule has 0 amide bonds. The van der Waals surface area contributed by atoms with Crippen molar-refractivity contribution in [3.63, 3.8) is 0 Å². The van der Waals surface area contributed by atoms with E-state index in [2.05, 4.69) is 198 Å². The van der Waals surface area contributed by atoms with Crippen LogP contribution in [0.4, 0.5) is 11.4 Å². The van der Waals surface area contributed by atoms with E-state index in [1.54, 1.807) is 0 Å². The summed E-state index contributed by atoms with van der Waals surface area (Å²) in [5, 5.41) is 5.15. The highest BCUT2D eigenvalue weighted by atomic mass is 15.2. The van der Waals surface area contributed by atoms with Gasteiger partial charge >= 0.3 is 0 Å². The van der Waals surface area contributed by atoms with Crippen LogP contribution >= 0.6 is 0 Å². The van der Waals surface area contributed by atoms with Crippen molar-refractivity contribution in [1.82, 2.24) is 9.13 Å². The zero-order valence-corrected chi connectivity index (χ0v) is 31.1. The maximum atomic E-state index is 2.61. The maximum Gasteiger partial charge on any atom is 0.0548 e. The molecule has 3 nitrogen and oxygen atoms in total. The molecule has 264 valence electrons. The molecular formula is C51H45N3. The zero-order chi connectivity index (χ0) is 36.2. The summed E-state index contributed by atoms with van der Waals surface area (Å²) in [5.41, 5.74) is 12.6. The number of rotatable bonds is 6. The van der Waals surface area contributed by atoms with Gasteiger partial charge in [0.25, 0.3) is 0 Å². The van der Waals surface area contributed by atoms with E-state index in [0.29, 0.717) is 11.5 Å². The number of anilines is 2. The van der Waals surface area contributed by atoms with E-state index >= 15 is 0 Å². The van der Waals surface area contributed by atoms with Crippen molar-refractivity contribution < 1.29 is 0 Å². The molecule has 3 heteroatoms. The summed E-state index contributed by atoms with van der Waals surface area (Å²) in [6, 6.07) is 63.0. The normalized spacial score (nSPS) is 15.9. The molecule has 2 heterocycles. The monoisotopic (exact) mass is 699 g/mol. The zero-order valence-electron chi connectivity index (χ0n) is 31.1. The first kappa shape index (κ1) is 32.6. The number of fused-ring (bicyclic) bond motifs is 7. The van der Waals surface area contributed by atoms with Gasteiger partial charge in [-0.1, -0.05) is 117 Å². The molecule has 0 spiro atoms. The van der Waals surface area contributed by atoms with Gasteiger partial charge in [-0.3, -0.25) is 0 Å². The molecule has 7 aromatic carbocycles. The molecule has 0 saturated heterocycles. The summed E-state index contributed by atoms with van der Waals surface area (Å²) in [6.45, 7) is 4.88. The fourth-order valence-electron chi connectivity index (χ4n) is 9.33. The van der Waals surface area contributed by atoms with E-state index in [4.69, 9.17) is 0 Å². The number of benzene rings is 7. The molecule has 2 aromatic heterocycles. The number of aromatic nitrogens is 2. The summed E-state index contributed by atoms with van der Waals surface area (Å²) in [4.78, 5) is 2.61. The number of hydrogen-bond donors (Lipinski definition) is 0. The Labute approximate surface area is 317 Å². The SMILES string of the molecule is CC1(C)CCCC(N(c2ccccc2)c2ccc(-n3c4ccccc4c4c5c6ccccc6n(-c6ccc(-c7ccccc7)cc6)c5ccc43)cc2)CC1. The van der Waals surface area contributed by atoms with E-state index in [0.717, 1.165) is 0 Å². The molecule has 1 aliphatic carbocycles. The molecule has 0 aliphatic heterocycles. The molecule has 9 aromatic rings. The summed E-state index contributed by atoms with van der Waals surface area (Å²) in [7, 11) is 0. The lowest BCUT2D eigenvalue weighted by Gasteiger charge is -2.34. The standard InChI is InChI=1S/C51H45N3/c1-51(2)34-13-18-39(33-35-51)52(38-16-7-4-8-17-38)40-27-29-42(30-28-40)54-46-22-12-10-20-44(46)50-48(54)32-31-47-49(50)43-19-9-11-21-45(43)53(47)41-25-23-37(24-26-41)36-14-5-3-6-15-36/h3-12,14-17,19-32,39H,13,18,33-35H2,1-2H3. The minimum atomic E-state index is 0.405. The van der Waals surface area contributed by atoms with Gasteiger partial charge in [0, 0.05) is 50.3 Å². The maximum absolute atomic E-state index is 2.61. The minimum Gasteiger partial charge on any atom is -0.338 e. The molecule has 1 fully saturated rings. The van der Waals surface area contributed by atoms with Crippen LogP contribution in [0.3, 0.4) is 0 Å². The van der Waals surface area contributed by atoms with Gasteiger partial charge in [-0.2, -0.15) is 0 Å². The molecule has 1 saturated carbocycles. The van der Waals surface area contributed by atoms with E-state index in [1.165, 1.54) is 110 Å². The number of hydrogen-bond acceptors (Lipinski definition) is 1. The molecule has 10 rings (SSSR count). The molecule has 0 N–H and O–H groups in total. The third-order valence-corrected chi connectivity index (χ3v) is 12.0. The Morgan fingerprint density at radius 2 is 0.926 bits per heavy atom. The van der Waals surface area contributed by atoms with E-state index in [-0.39, 0.29) is 0 Å². The van der Waals surface area contributed by atoms with Gasteiger partial charge in [-0.15, -0.1) is 0 Å². The fraction of sp³-hybridized carbons (Fsp3) is 0.176. The van der Waals surface area contributed by atoms with E-state index < -0.39 is 0 Å². The van der Waals surface area contributed by atoms with Crippen LogP contribution in [0.15, 0.2) is 170 Å². The van der Waals surface area contributed by atoms with Gasteiger partial charge in [0.2, 0.25) is 0 Å². The Bertz CT molecular complexity index is 2750. The van der Waals surface area contributed by atoms with Gasteiger partial charge in [0.1, 0.15) is 0 Å². The number of nitrogens with zero attached hydrogens (tertiary/aromatic N) is 3. The lowest BCUT2D eigenvalue weighted by Crippen LogP contribution is -2.31. The first-order chi connectivity index (χ1) is 26.5. The second-order valence-corrected chi connectivity index (χ2v) is 15.9. The van der Waals surface area contributed by atoms with Crippen molar-refractivity contribution in [2.24, 2.45) is 5.41 Å². The van der Waals surface area contributed by atoms with Crippen LogP contribution in [-0.4, -0.2) is 15.2 Å². The highest BCUT2D eigenvalue weighted by Gasteiger charge is 2.29. The van der Waals surface area contributed by atoms with Crippen LogP contribution < -0.4 is 4.90 Å². The van der Waals surface area contributed by atoms with Crippen LogP contribution in [0.25, 0.3) is 66.1 Å². The molecule has 0 radical (unpaired) electrons. The molecule has 1 atom stereocenters. The summed E-state index contributed by atoms with van der Waals surface area (Å²) >= 11 is 0. The predicted molar refractivity (Wildman–Crippen MR) is 230 cm³/mol. The van der Waals surface area contributed by atoms with Crippen molar-refractivity contribution in [2.75, 3.05) is 4.90 Å². The summed E-state index contributed by atoms with van der Waals surface area (Å²) in [6.07, 6.45) is 6.24. The first-order valence-corrected chi connectivity index (χ1v) is 19.6. The number of para-hydroxylation sites is 3. The lowest BCUT2D eigenvalue weighted by molar-refractivity contribution is 0.312. The van der Waals surface area contributed by atoms with E-state index in [1.807, 2.05) is 0 Å². The van der Waals surface area contributed by atoms with Crippen LogP contribution in [0.1, 0.15) is 46.0 Å². The van der Waals surface area contributed by atoms with Crippen LogP contribution in [0, 0.1) is 5.41 Å². The first-order valence-electron chi connectivity index (χ1n) is 19.6. The Hall–Kier alpha value is -6.06. The summed E-state index contributed by atoms with van der Waals surface area (Å²) in [5.74, 6) is 0. The Balaban J connectivity index is 1.12. The van der Waals surface area contributed by atoms with Crippen LogP contribution in [0.5, 0.6) is 0 Å². The summed E-state index contributed by atoms with van der Waals surface area (Å²) < 4.78 is 4.91. The van der Waals surface area contributed by atoms with Gasteiger partial charge in [-0.25, -0.2) is 0 Å². The van der Waals surface area contributed by atoms with Gasteiger partial charge < -0.3 is 14.0 Å². The molecule has 1 aliphatic rings. The van der Waals surface area contributed by atoms with Crippen molar-refractivity contribution >= 4 is 55.0 Å². The second-order valence-electron chi connectivity index (χ2n) is 15.9. The van der Waals surface area contributed by atoms with Crippen molar-refractivity contribution in [3.05, 3.63) is 170 Å². The predicted octanol–water partition coefficient (Wildman–Crippen LogP) is 14.0. The van der Waals surface area contributed by atoms with Gasteiger partial charge in [0.05, 0.1) is 22.1 Å². The average Bonchev–Trinajstić information content (AvgIpc) is 3.67. The van der Waals surface area contributed by atoms with Crippen LogP contribution in [-0.2, 0) is 0 Å². The lowest BCUT2D eigenvalue weighted by atomic mass is 9.85. The Morgan fingerprint density at radius 3 is 1.52 bits per heavy atom. The van der Waals surface area contributed by atoms with Crippen molar-refractivity contribution in [3.8, 4) is 22.5 Å². The van der Waals surface area contributed by atoms with E-state index in [9.17, 15) is 0 Å². The van der Waals surface area contributed by atoms with Crippen molar-refractivity contribution in [2.45, 2.75) is 52.0 Å². The second kappa shape index (κ2) is 13.1. The fourth-order valence-corrected chi connectivity index (χ4v) is 9.33. The molecule has 54 heavy (non-hydrogen) atoms. The molecule has 1 unspecified atom stereocenters. The Morgan fingerprint density at radius 1 is 0.444 bits per heavy atom. The highest BCUT2D eigenvalue weighted by molar-refractivity contribution is 6.28. The largest absolute Gasteiger partial charge is 0.338 e. The quantitative estimate of drug-likeness (QED) is 0.158.